The second kappa shape index (κ2) is 3.46. The van der Waals surface area contributed by atoms with Crippen molar-refractivity contribution >= 4 is 5.97 Å². The normalized spacial score (nSPS) is 25.3. The molecule has 68 valence electrons. The van der Waals surface area contributed by atoms with Gasteiger partial charge in [0.05, 0.1) is 18.2 Å². The molecular weight excluding hydrogens is 166 g/mol. The molecule has 0 heterocycles. The highest BCUT2D eigenvalue weighted by atomic mass is 16.5. The molecule has 3 heteroatoms. The van der Waals surface area contributed by atoms with E-state index in [2.05, 4.69) is 16.6 Å². The van der Waals surface area contributed by atoms with Crippen LogP contribution in [0.15, 0.2) is 23.8 Å². The van der Waals surface area contributed by atoms with Gasteiger partial charge in [-0.05, 0) is 25.2 Å². The van der Waals surface area contributed by atoms with E-state index >= 15 is 0 Å². The van der Waals surface area contributed by atoms with Crippen LogP contribution in [0.1, 0.15) is 6.92 Å². The third-order valence-electron chi connectivity index (χ3n) is 1.56. The summed E-state index contributed by atoms with van der Waals surface area (Å²) >= 11 is 0. The lowest BCUT2D eigenvalue weighted by Gasteiger charge is -2.11. The first-order valence-electron chi connectivity index (χ1n) is 3.84. The summed E-state index contributed by atoms with van der Waals surface area (Å²) in [5.74, 6) is 5.11. The van der Waals surface area contributed by atoms with E-state index in [-0.39, 0.29) is 0 Å². The van der Waals surface area contributed by atoms with Gasteiger partial charge in [0.25, 0.3) is 0 Å². The second-order valence-corrected chi connectivity index (χ2v) is 2.98. The molecule has 0 aromatic carbocycles. The molecule has 0 amide bonds. The van der Waals surface area contributed by atoms with Crippen molar-refractivity contribution in [2.24, 2.45) is 5.73 Å². The molecule has 0 aromatic heterocycles. The molecule has 2 N–H and O–H groups in total. The maximum atomic E-state index is 11.2. The van der Waals surface area contributed by atoms with Crippen molar-refractivity contribution in [2.45, 2.75) is 12.5 Å². The first-order valence-corrected chi connectivity index (χ1v) is 3.84. The molecule has 0 aliphatic heterocycles. The van der Waals surface area contributed by atoms with Gasteiger partial charge >= 0.3 is 5.97 Å². The van der Waals surface area contributed by atoms with Crippen molar-refractivity contribution in [3.05, 3.63) is 23.8 Å². The van der Waals surface area contributed by atoms with Crippen molar-refractivity contribution < 1.29 is 9.53 Å². The third-order valence-corrected chi connectivity index (χ3v) is 1.56. The molecule has 0 unspecified atom stereocenters. The van der Waals surface area contributed by atoms with Gasteiger partial charge in [-0.1, -0.05) is 11.8 Å². The predicted molar refractivity (Wildman–Crippen MR) is 49.6 cm³/mol. The molecule has 0 saturated heterocycles. The summed E-state index contributed by atoms with van der Waals surface area (Å²) in [5.41, 5.74) is 5.41. The first-order chi connectivity index (χ1) is 6.05. The first kappa shape index (κ1) is 9.56. The molecule has 0 fully saturated rings. The van der Waals surface area contributed by atoms with Crippen molar-refractivity contribution in [3.63, 3.8) is 0 Å². The fourth-order valence-electron chi connectivity index (χ4n) is 0.981. The molecule has 1 aliphatic carbocycles. The highest BCUT2D eigenvalue weighted by molar-refractivity contribution is 5.92. The van der Waals surface area contributed by atoms with Gasteiger partial charge in [0.2, 0.25) is 0 Å². The fraction of sp³-hybridized carbons (Fsp3) is 0.300. The van der Waals surface area contributed by atoms with E-state index in [0.29, 0.717) is 5.57 Å². The molecule has 0 saturated carbocycles. The van der Waals surface area contributed by atoms with E-state index in [1.165, 1.54) is 7.11 Å². The zero-order chi connectivity index (χ0) is 9.90. The van der Waals surface area contributed by atoms with E-state index in [9.17, 15) is 4.79 Å². The van der Waals surface area contributed by atoms with Crippen LogP contribution in [0.25, 0.3) is 0 Å². The number of methoxy groups -OCH3 is 1. The number of carbonyl (C=O) groups excluding carboxylic acids is 1. The molecule has 0 spiro atoms. The minimum absolute atomic E-state index is 0.404. The smallest absolute Gasteiger partial charge is 0.337 e. The van der Waals surface area contributed by atoms with Crippen LogP contribution in [-0.2, 0) is 9.53 Å². The minimum Gasteiger partial charge on any atom is -0.465 e. The average molecular weight is 177 g/mol. The summed E-state index contributed by atoms with van der Waals surface area (Å²) in [4.78, 5) is 11.2. The standard InChI is InChI=1S/C10H11NO2/c1-10(11)6-4-3-5-8(7-10)9(12)13-2/h3,5,7H,11H2,1-2H3/t10-/m1/s1. The van der Waals surface area contributed by atoms with Gasteiger partial charge < -0.3 is 10.5 Å². The SMILES string of the molecule is COC(=O)C1=C[C@](C)(N)C#CC=C1. The molecule has 1 atom stereocenters. The molecule has 1 rings (SSSR count). The Morgan fingerprint density at radius 1 is 1.69 bits per heavy atom. The largest absolute Gasteiger partial charge is 0.465 e. The van der Waals surface area contributed by atoms with Crippen molar-refractivity contribution in [1.82, 2.24) is 0 Å². The maximum absolute atomic E-state index is 11.2. The summed E-state index contributed by atoms with van der Waals surface area (Å²) in [7, 11) is 1.33. The van der Waals surface area contributed by atoms with Crippen LogP contribution in [-0.4, -0.2) is 18.6 Å². The maximum Gasteiger partial charge on any atom is 0.337 e. The molecule has 3 nitrogen and oxygen atoms in total. The monoisotopic (exact) mass is 177 g/mol. The minimum atomic E-state index is -0.771. The van der Waals surface area contributed by atoms with Gasteiger partial charge in [-0.2, -0.15) is 0 Å². The quantitative estimate of drug-likeness (QED) is 0.465. The van der Waals surface area contributed by atoms with Crippen LogP contribution in [0.4, 0.5) is 0 Å². The number of nitrogens with two attached hydrogens (primary N) is 1. The van der Waals surface area contributed by atoms with Gasteiger partial charge in [0.1, 0.15) is 0 Å². The van der Waals surface area contributed by atoms with Crippen molar-refractivity contribution in [2.75, 3.05) is 7.11 Å². The number of rotatable bonds is 1. The highest BCUT2D eigenvalue weighted by Crippen LogP contribution is 2.10. The number of esters is 1. The van der Waals surface area contributed by atoms with Crippen molar-refractivity contribution in [1.29, 1.82) is 0 Å². The van der Waals surface area contributed by atoms with Crippen LogP contribution < -0.4 is 5.73 Å². The number of carbonyl (C=O) groups is 1. The Hall–Kier alpha value is -1.53. The summed E-state index contributed by atoms with van der Waals surface area (Å²) < 4.78 is 4.57. The predicted octanol–water partition coefficient (Wildman–Crippen LogP) is 0.376. The average Bonchev–Trinajstić information content (AvgIpc) is 2.25. The highest BCUT2D eigenvalue weighted by Gasteiger charge is 2.17. The van der Waals surface area contributed by atoms with Gasteiger partial charge in [0, 0.05) is 0 Å². The molecule has 0 aromatic rings. The van der Waals surface area contributed by atoms with Crippen molar-refractivity contribution in [3.8, 4) is 11.8 Å². The third kappa shape index (κ3) is 2.46. The lowest BCUT2D eigenvalue weighted by molar-refractivity contribution is -0.135. The van der Waals surface area contributed by atoms with Crippen LogP contribution in [0.3, 0.4) is 0 Å². The van der Waals surface area contributed by atoms with E-state index in [1.54, 1.807) is 25.2 Å². The van der Waals surface area contributed by atoms with Crippen LogP contribution in [0.5, 0.6) is 0 Å². The molecule has 13 heavy (non-hydrogen) atoms. The number of ether oxygens (including phenoxy) is 1. The van der Waals surface area contributed by atoms with Crippen LogP contribution in [0.2, 0.25) is 0 Å². The Labute approximate surface area is 77.3 Å². The summed E-state index contributed by atoms with van der Waals surface area (Å²) in [6.45, 7) is 1.73. The number of hydrogen-bond acceptors (Lipinski definition) is 3. The lowest BCUT2D eigenvalue weighted by Crippen LogP contribution is -2.32. The zero-order valence-corrected chi connectivity index (χ0v) is 7.63. The van der Waals surface area contributed by atoms with E-state index in [1.807, 2.05) is 0 Å². The van der Waals surface area contributed by atoms with Crippen LogP contribution >= 0.6 is 0 Å². The number of allylic oxidation sites excluding steroid dienone is 1. The van der Waals surface area contributed by atoms with Crippen LogP contribution in [0, 0.1) is 11.8 Å². The number of hydrogen-bond donors (Lipinski definition) is 1. The summed E-state index contributed by atoms with van der Waals surface area (Å²) in [5, 5.41) is 0. The summed E-state index contributed by atoms with van der Waals surface area (Å²) in [6, 6.07) is 0. The van der Waals surface area contributed by atoms with Gasteiger partial charge in [0.15, 0.2) is 0 Å². The Balaban J connectivity index is 3.00. The Morgan fingerprint density at radius 3 is 3.00 bits per heavy atom. The Bertz CT molecular complexity index is 340. The Morgan fingerprint density at radius 2 is 2.38 bits per heavy atom. The topological polar surface area (TPSA) is 52.3 Å². The van der Waals surface area contributed by atoms with Gasteiger partial charge in [-0.3, -0.25) is 0 Å². The second-order valence-electron chi connectivity index (χ2n) is 2.98. The molecule has 0 radical (unpaired) electrons. The van der Waals surface area contributed by atoms with Gasteiger partial charge in [-0.15, -0.1) is 0 Å². The summed E-state index contributed by atoms with van der Waals surface area (Å²) in [6.07, 6.45) is 4.77. The van der Waals surface area contributed by atoms with E-state index < -0.39 is 11.5 Å². The molecule has 0 bridgehead atoms. The van der Waals surface area contributed by atoms with E-state index in [4.69, 9.17) is 5.73 Å². The molecule has 1 aliphatic rings. The molecular formula is C10H11NO2. The fourth-order valence-corrected chi connectivity index (χ4v) is 0.981. The Kier molecular flexibility index (Phi) is 2.54. The lowest BCUT2D eigenvalue weighted by atomic mass is 10.0. The zero-order valence-electron chi connectivity index (χ0n) is 7.63. The van der Waals surface area contributed by atoms with Gasteiger partial charge in [-0.25, -0.2) is 4.79 Å². The van der Waals surface area contributed by atoms with E-state index in [0.717, 1.165) is 0 Å².